The number of halogens is 1. The summed E-state index contributed by atoms with van der Waals surface area (Å²) in [5.41, 5.74) is 10.4. The fourth-order valence-corrected chi connectivity index (χ4v) is 4.39. The van der Waals surface area contributed by atoms with Gasteiger partial charge in [0, 0.05) is 28.4 Å². The van der Waals surface area contributed by atoms with E-state index in [4.69, 9.17) is 17.3 Å². The number of nitrogens with two attached hydrogens (primary N) is 1. The van der Waals surface area contributed by atoms with Gasteiger partial charge in [-0.25, -0.2) is 4.98 Å². The SMILES string of the molecule is CCc1ccc(-c2c(C#N)c(N)nc(SCCC(=O)Nc3cc(Cl)ccc3C)c2C#N)cc1. The average Bonchev–Trinajstić information content (AvgIpc) is 2.81. The first-order valence-corrected chi connectivity index (χ1v) is 11.7. The molecule has 0 saturated heterocycles. The molecule has 3 aromatic rings. The number of aryl methyl sites for hydroxylation is 2. The molecule has 0 atom stereocenters. The van der Waals surface area contributed by atoms with Gasteiger partial charge in [-0.3, -0.25) is 4.79 Å². The summed E-state index contributed by atoms with van der Waals surface area (Å²) in [5, 5.41) is 23.3. The highest BCUT2D eigenvalue weighted by atomic mass is 35.5. The predicted molar refractivity (Wildman–Crippen MR) is 133 cm³/mol. The largest absolute Gasteiger partial charge is 0.383 e. The van der Waals surface area contributed by atoms with Crippen molar-refractivity contribution < 1.29 is 4.79 Å². The number of hydrogen-bond donors (Lipinski definition) is 2. The second-order valence-corrected chi connectivity index (χ2v) is 8.83. The number of aromatic nitrogens is 1. The number of nitrogen functional groups attached to an aromatic ring is 1. The van der Waals surface area contributed by atoms with Gasteiger partial charge in [0.1, 0.15) is 28.5 Å². The first-order chi connectivity index (χ1) is 15.9. The summed E-state index contributed by atoms with van der Waals surface area (Å²) in [4.78, 5) is 16.7. The van der Waals surface area contributed by atoms with Crippen LogP contribution in [0.25, 0.3) is 11.1 Å². The zero-order chi connectivity index (χ0) is 24.0. The molecule has 0 saturated carbocycles. The molecule has 6 nitrogen and oxygen atoms in total. The normalized spacial score (nSPS) is 10.3. The molecule has 3 N–H and O–H groups in total. The van der Waals surface area contributed by atoms with Gasteiger partial charge in [-0.1, -0.05) is 48.9 Å². The molecule has 0 aliphatic rings. The number of nitriles is 2. The Bertz CT molecular complexity index is 1280. The van der Waals surface area contributed by atoms with Gasteiger partial charge in [-0.2, -0.15) is 10.5 Å². The Morgan fingerprint density at radius 2 is 1.85 bits per heavy atom. The molecule has 1 amide bonds. The first-order valence-electron chi connectivity index (χ1n) is 10.3. The van der Waals surface area contributed by atoms with E-state index in [0.717, 1.165) is 23.1 Å². The fraction of sp³-hybridized carbons (Fsp3) is 0.200. The average molecular weight is 476 g/mol. The monoisotopic (exact) mass is 475 g/mol. The van der Waals surface area contributed by atoms with Crippen LogP contribution in [0, 0.1) is 29.6 Å². The number of nitrogens with zero attached hydrogens (tertiary/aromatic N) is 3. The van der Waals surface area contributed by atoms with Crippen molar-refractivity contribution in [3.05, 3.63) is 69.7 Å². The number of anilines is 2. The number of thioether (sulfide) groups is 1. The Balaban J connectivity index is 1.82. The van der Waals surface area contributed by atoms with Gasteiger partial charge in [0.05, 0.1) is 5.56 Å². The van der Waals surface area contributed by atoms with E-state index in [1.165, 1.54) is 11.8 Å². The summed E-state index contributed by atoms with van der Waals surface area (Å²) >= 11 is 7.27. The minimum atomic E-state index is -0.177. The third-order valence-electron chi connectivity index (χ3n) is 5.11. The number of carbonyl (C=O) groups excluding carboxylic acids is 1. The Morgan fingerprint density at radius 1 is 1.15 bits per heavy atom. The van der Waals surface area contributed by atoms with Crippen molar-refractivity contribution in [1.82, 2.24) is 4.98 Å². The van der Waals surface area contributed by atoms with Crippen LogP contribution in [-0.2, 0) is 11.2 Å². The predicted octanol–water partition coefficient (Wildman–Crippen LogP) is 5.72. The third-order valence-corrected chi connectivity index (χ3v) is 6.32. The van der Waals surface area contributed by atoms with E-state index in [0.29, 0.717) is 27.1 Å². The maximum atomic E-state index is 12.4. The van der Waals surface area contributed by atoms with Gasteiger partial charge in [0.15, 0.2) is 0 Å². The molecule has 0 bridgehead atoms. The van der Waals surface area contributed by atoms with Crippen LogP contribution in [0.4, 0.5) is 11.5 Å². The van der Waals surface area contributed by atoms with Crippen molar-refractivity contribution in [1.29, 1.82) is 10.5 Å². The van der Waals surface area contributed by atoms with Crippen molar-refractivity contribution in [2.45, 2.75) is 31.7 Å². The molecule has 1 heterocycles. The highest BCUT2D eigenvalue weighted by molar-refractivity contribution is 7.99. The van der Waals surface area contributed by atoms with Gasteiger partial charge >= 0.3 is 0 Å². The molecule has 3 rings (SSSR count). The van der Waals surface area contributed by atoms with E-state index < -0.39 is 0 Å². The quantitative estimate of drug-likeness (QED) is 0.422. The molecule has 8 heteroatoms. The highest BCUT2D eigenvalue weighted by Crippen LogP contribution is 2.36. The van der Waals surface area contributed by atoms with Crippen LogP contribution in [-0.4, -0.2) is 16.6 Å². The molecular weight excluding hydrogens is 454 g/mol. The second kappa shape index (κ2) is 10.9. The van der Waals surface area contributed by atoms with Crippen molar-refractivity contribution in [2.75, 3.05) is 16.8 Å². The van der Waals surface area contributed by atoms with E-state index in [-0.39, 0.29) is 29.3 Å². The maximum absolute atomic E-state index is 12.4. The number of benzene rings is 2. The lowest BCUT2D eigenvalue weighted by Gasteiger charge is -2.13. The van der Waals surface area contributed by atoms with Crippen molar-refractivity contribution in [2.24, 2.45) is 0 Å². The molecule has 166 valence electrons. The summed E-state index contributed by atoms with van der Waals surface area (Å²) in [6.45, 7) is 3.94. The number of nitrogens with one attached hydrogen (secondary N) is 1. The number of hydrogen-bond acceptors (Lipinski definition) is 6. The number of pyridine rings is 1. The van der Waals surface area contributed by atoms with Crippen molar-refractivity contribution >= 4 is 40.8 Å². The van der Waals surface area contributed by atoms with E-state index in [9.17, 15) is 15.3 Å². The summed E-state index contributed by atoms with van der Waals surface area (Å²) in [6.07, 6.45) is 1.08. The van der Waals surface area contributed by atoms with Crippen LogP contribution in [0.3, 0.4) is 0 Å². The number of amides is 1. The van der Waals surface area contributed by atoms with Crippen LogP contribution >= 0.6 is 23.4 Å². The van der Waals surface area contributed by atoms with E-state index in [2.05, 4.69) is 29.4 Å². The minimum Gasteiger partial charge on any atom is -0.383 e. The van der Waals surface area contributed by atoms with Crippen molar-refractivity contribution in [3.8, 4) is 23.3 Å². The number of rotatable bonds is 7. The van der Waals surface area contributed by atoms with Gasteiger partial charge in [0.2, 0.25) is 5.91 Å². The summed E-state index contributed by atoms with van der Waals surface area (Å²) in [5.74, 6) is 0.267. The molecule has 33 heavy (non-hydrogen) atoms. The standard InChI is InChI=1S/C25H22ClN5OS/c1-3-16-5-7-17(8-6-16)23-19(13-27)24(29)31-25(20(23)14-28)33-11-10-22(32)30-21-12-18(26)9-4-15(21)2/h4-9,12H,3,10-11H2,1-2H3,(H2,29,31)(H,30,32). The Morgan fingerprint density at radius 3 is 2.48 bits per heavy atom. The molecule has 1 aromatic heterocycles. The highest BCUT2D eigenvalue weighted by Gasteiger charge is 2.20. The van der Waals surface area contributed by atoms with Crippen LogP contribution in [0.15, 0.2) is 47.5 Å². The summed E-state index contributed by atoms with van der Waals surface area (Å²) < 4.78 is 0. The molecule has 2 aromatic carbocycles. The second-order valence-electron chi connectivity index (χ2n) is 7.31. The van der Waals surface area contributed by atoms with Crippen LogP contribution in [0.2, 0.25) is 5.02 Å². The Hall–Kier alpha value is -3.52. The van der Waals surface area contributed by atoms with Crippen LogP contribution in [0.5, 0.6) is 0 Å². The Labute approximate surface area is 202 Å². The van der Waals surface area contributed by atoms with E-state index in [1.807, 2.05) is 37.3 Å². The third kappa shape index (κ3) is 5.64. The van der Waals surface area contributed by atoms with Crippen LogP contribution < -0.4 is 11.1 Å². The zero-order valence-electron chi connectivity index (χ0n) is 18.3. The topological polar surface area (TPSA) is 116 Å². The lowest BCUT2D eigenvalue weighted by molar-refractivity contribution is -0.115. The van der Waals surface area contributed by atoms with Crippen LogP contribution in [0.1, 0.15) is 35.6 Å². The van der Waals surface area contributed by atoms with Gasteiger partial charge in [-0.05, 0) is 42.2 Å². The van der Waals surface area contributed by atoms with Gasteiger partial charge in [0.25, 0.3) is 0 Å². The lowest BCUT2D eigenvalue weighted by Crippen LogP contribution is -2.13. The number of carbonyl (C=O) groups is 1. The molecule has 0 aliphatic carbocycles. The van der Waals surface area contributed by atoms with E-state index in [1.54, 1.807) is 12.1 Å². The molecular formula is C25H22ClN5OS. The Kier molecular flexibility index (Phi) is 7.95. The fourth-order valence-electron chi connectivity index (χ4n) is 3.28. The molecule has 0 radical (unpaired) electrons. The first kappa shape index (κ1) is 24.1. The van der Waals surface area contributed by atoms with E-state index >= 15 is 0 Å². The smallest absolute Gasteiger partial charge is 0.225 e. The molecule has 0 unspecified atom stereocenters. The van der Waals surface area contributed by atoms with Crippen molar-refractivity contribution in [3.63, 3.8) is 0 Å². The molecule has 0 fully saturated rings. The lowest BCUT2D eigenvalue weighted by atomic mass is 9.96. The summed E-state index contributed by atoms with van der Waals surface area (Å²) in [7, 11) is 0. The van der Waals surface area contributed by atoms with Gasteiger partial charge < -0.3 is 11.1 Å². The molecule has 0 spiro atoms. The minimum absolute atomic E-state index is 0.0626. The van der Waals surface area contributed by atoms with Gasteiger partial charge in [-0.15, -0.1) is 11.8 Å². The zero-order valence-corrected chi connectivity index (χ0v) is 19.8. The summed E-state index contributed by atoms with van der Waals surface area (Å²) in [6, 6.07) is 17.2. The molecule has 0 aliphatic heterocycles. The maximum Gasteiger partial charge on any atom is 0.225 e.